The quantitative estimate of drug-likeness (QED) is 0.326. The van der Waals surface area contributed by atoms with Crippen molar-refractivity contribution in [1.82, 2.24) is 9.88 Å². The van der Waals surface area contributed by atoms with Crippen LogP contribution in [0.25, 0.3) is 5.76 Å². The van der Waals surface area contributed by atoms with Crippen molar-refractivity contribution in [3.05, 3.63) is 89.3 Å². The number of likely N-dealkylation sites (tertiary alicyclic amines) is 1. The maximum absolute atomic E-state index is 13.2. The Bertz CT molecular complexity index is 1260. The van der Waals surface area contributed by atoms with Crippen molar-refractivity contribution in [3.63, 3.8) is 0 Å². The van der Waals surface area contributed by atoms with Gasteiger partial charge in [-0.15, -0.1) is 0 Å². The number of aromatic nitrogens is 1. The number of pyridine rings is 1. The van der Waals surface area contributed by atoms with E-state index in [9.17, 15) is 14.7 Å². The van der Waals surface area contributed by atoms with Gasteiger partial charge in [0.2, 0.25) is 0 Å². The normalized spacial score (nSPS) is 17.0. The third kappa shape index (κ3) is 4.17. The molecule has 0 aliphatic carbocycles. The van der Waals surface area contributed by atoms with E-state index in [0.717, 1.165) is 5.56 Å². The topological polar surface area (TPSA) is 98.2 Å². The van der Waals surface area contributed by atoms with Crippen LogP contribution in [0.3, 0.4) is 0 Å². The molecule has 1 aliphatic heterocycles. The summed E-state index contributed by atoms with van der Waals surface area (Å²) in [7, 11) is 4.54. The fourth-order valence-electron chi connectivity index (χ4n) is 4.02. The lowest BCUT2D eigenvalue weighted by Crippen LogP contribution is -2.29. The zero-order chi connectivity index (χ0) is 24.2. The van der Waals surface area contributed by atoms with E-state index in [4.69, 9.17) is 14.2 Å². The minimum absolute atomic E-state index is 0.0143. The van der Waals surface area contributed by atoms with Crippen LogP contribution in [0.1, 0.15) is 22.7 Å². The highest BCUT2D eigenvalue weighted by molar-refractivity contribution is 6.46. The molecule has 2 aromatic carbocycles. The van der Waals surface area contributed by atoms with E-state index < -0.39 is 17.7 Å². The molecule has 0 bridgehead atoms. The highest BCUT2D eigenvalue weighted by Crippen LogP contribution is 2.42. The fourth-order valence-corrected chi connectivity index (χ4v) is 4.02. The number of ketones is 1. The number of Topliss-reactive ketones (excluding diaryl/α,β-unsaturated/α-hetero) is 1. The Kier molecular flexibility index (Phi) is 6.49. The minimum atomic E-state index is -0.848. The molecule has 1 aromatic heterocycles. The molecular formula is C26H24N2O6. The Morgan fingerprint density at radius 2 is 1.68 bits per heavy atom. The van der Waals surface area contributed by atoms with Gasteiger partial charge in [-0.2, -0.15) is 0 Å². The standard InChI is InChI=1S/C26H24N2O6/c1-32-19-6-4-5-18(13-19)24(29)22-23(17-7-8-20(33-2)21(14-17)34-3)28(26(31)25(22)30)15-16-9-11-27-12-10-16/h4-14,23,29H,15H2,1-3H3. The van der Waals surface area contributed by atoms with Crippen LogP contribution in [0.4, 0.5) is 0 Å². The van der Waals surface area contributed by atoms with Crippen molar-refractivity contribution >= 4 is 17.4 Å². The van der Waals surface area contributed by atoms with Crippen LogP contribution in [0.15, 0.2) is 72.6 Å². The predicted molar refractivity (Wildman–Crippen MR) is 125 cm³/mol. The lowest BCUT2D eigenvalue weighted by molar-refractivity contribution is -0.140. The summed E-state index contributed by atoms with van der Waals surface area (Å²) in [6, 6.07) is 14.5. The van der Waals surface area contributed by atoms with Gasteiger partial charge in [0.15, 0.2) is 11.5 Å². The maximum atomic E-state index is 13.2. The molecule has 0 saturated carbocycles. The molecule has 0 spiro atoms. The molecule has 4 rings (SSSR count). The molecule has 34 heavy (non-hydrogen) atoms. The lowest BCUT2D eigenvalue weighted by Gasteiger charge is -2.26. The summed E-state index contributed by atoms with van der Waals surface area (Å²) in [5, 5.41) is 11.2. The smallest absolute Gasteiger partial charge is 0.295 e. The van der Waals surface area contributed by atoms with Gasteiger partial charge in [0.1, 0.15) is 11.5 Å². The fraction of sp³-hybridized carbons (Fsp3) is 0.192. The van der Waals surface area contributed by atoms with Crippen molar-refractivity contribution < 1.29 is 28.9 Å². The van der Waals surface area contributed by atoms with Gasteiger partial charge in [-0.05, 0) is 47.5 Å². The van der Waals surface area contributed by atoms with Crippen LogP contribution >= 0.6 is 0 Å². The van der Waals surface area contributed by atoms with Crippen LogP contribution in [0.5, 0.6) is 17.2 Å². The zero-order valence-electron chi connectivity index (χ0n) is 19.0. The Morgan fingerprint density at radius 1 is 0.941 bits per heavy atom. The average molecular weight is 460 g/mol. The van der Waals surface area contributed by atoms with E-state index >= 15 is 0 Å². The van der Waals surface area contributed by atoms with E-state index in [0.29, 0.717) is 28.4 Å². The van der Waals surface area contributed by atoms with Crippen LogP contribution in [-0.2, 0) is 16.1 Å². The molecule has 1 aliphatic rings. The number of carbonyl (C=O) groups excluding carboxylic acids is 2. The molecule has 8 nitrogen and oxygen atoms in total. The molecule has 1 N–H and O–H groups in total. The van der Waals surface area contributed by atoms with Gasteiger partial charge in [-0.1, -0.05) is 18.2 Å². The van der Waals surface area contributed by atoms with Crippen molar-refractivity contribution in [1.29, 1.82) is 0 Å². The summed E-state index contributed by atoms with van der Waals surface area (Å²) in [5.41, 5.74) is 1.74. The molecule has 0 radical (unpaired) electrons. The van der Waals surface area contributed by atoms with E-state index in [-0.39, 0.29) is 17.9 Å². The number of ether oxygens (including phenoxy) is 3. The largest absolute Gasteiger partial charge is 0.507 e. The summed E-state index contributed by atoms with van der Waals surface area (Å²) < 4.78 is 16.0. The molecule has 1 fully saturated rings. The van der Waals surface area contributed by atoms with Crippen LogP contribution in [0, 0.1) is 0 Å². The van der Waals surface area contributed by atoms with Crippen molar-refractivity contribution in [3.8, 4) is 17.2 Å². The Balaban J connectivity index is 1.90. The van der Waals surface area contributed by atoms with Crippen molar-refractivity contribution in [2.24, 2.45) is 0 Å². The van der Waals surface area contributed by atoms with Gasteiger partial charge in [0.25, 0.3) is 11.7 Å². The molecule has 174 valence electrons. The highest BCUT2D eigenvalue weighted by atomic mass is 16.5. The van der Waals surface area contributed by atoms with Gasteiger partial charge < -0.3 is 24.2 Å². The first-order chi connectivity index (χ1) is 16.5. The van der Waals surface area contributed by atoms with Gasteiger partial charge in [-0.3, -0.25) is 14.6 Å². The molecular weight excluding hydrogens is 436 g/mol. The number of nitrogens with zero attached hydrogens (tertiary/aromatic N) is 2. The molecule has 3 aromatic rings. The van der Waals surface area contributed by atoms with Crippen LogP contribution < -0.4 is 14.2 Å². The Morgan fingerprint density at radius 3 is 2.35 bits per heavy atom. The second-order valence-electron chi connectivity index (χ2n) is 7.63. The Hall–Kier alpha value is -4.33. The summed E-state index contributed by atoms with van der Waals surface area (Å²) in [6.45, 7) is 0.154. The number of methoxy groups -OCH3 is 3. The third-order valence-electron chi connectivity index (χ3n) is 5.71. The highest BCUT2D eigenvalue weighted by Gasteiger charge is 2.46. The van der Waals surface area contributed by atoms with Crippen molar-refractivity contribution in [2.75, 3.05) is 21.3 Å². The number of rotatable bonds is 7. The van der Waals surface area contributed by atoms with Crippen molar-refractivity contribution in [2.45, 2.75) is 12.6 Å². The predicted octanol–water partition coefficient (Wildman–Crippen LogP) is 3.73. The molecule has 1 unspecified atom stereocenters. The Labute approximate surface area is 197 Å². The monoisotopic (exact) mass is 460 g/mol. The SMILES string of the molecule is COc1cccc(C(O)=C2C(=O)C(=O)N(Cc3ccncc3)C2c2ccc(OC)c(OC)c2)c1. The average Bonchev–Trinajstić information content (AvgIpc) is 3.13. The first-order valence-corrected chi connectivity index (χ1v) is 10.5. The van der Waals surface area contributed by atoms with E-state index in [1.54, 1.807) is 67.0 Å². The second-order valence-corrected chi connectivity index (χ2v) is 7.63. The van der Waals surface area contributed by atoms with E-state index in [1.807, 2.05) is 0 Å². The first kappa shape index (κ1) is 22.8. The summed E-state index contributed by atoms with van der Waals surface area (Å²) in [5.74, 6) is -0.303. The van der Waals surface area contributed by atoms with Gasteiger partial charge >= 0.3 is 0 Å². The molecule has 1 atom stereocenters. The number of hydrogen-bond acceptors (Lipinski definition) is 7. The molecule has 8 heteroatoms. The van der Waals surface area contributed by atoms with Crippen LogP contribution in [-0.4, -0.2) is 48.0 Å². The molecule has 1 saturated heterocycles. The number of hydrogen-bond donors (Lipinski definition) is 1. The zero-order valence-corrected chi connectivity index (χ0v) is 19.0. The summed E-state index contributed by atoms with van der Waals surface area (Å²) in [6.07, 6.45) is 3.24. The van der Waals surface area contributed by atoms with E-state index in [1.165, 1.54) is 26.2 Å². The number of carbonyl (C=O) groups is 2. The molecule has 1 amide bonds. The van der Waals surface area contributed by atoms with Gasteiger partial charge in [0.05, 0.1) is 32.9 Å². The summed E-state index contributed by atoms with van der Waals surface area (Å²) >= 11 is 0. The van der Waals surface area contributed by atoms with Gasteiger partial charge in [0, 0.05) is 24.5 Å². The minimum Gasteiger partial charge on any atom is -0.507 e. The lowest BCUT2D eigenvalue weighted by atomic mass is 9.94. The third-order valence-corrected chi connectivity index (χ3v) is 5.71. The second kappa shape index (κ2) is 9.66. The summed E-state index contributed by atoms with van der Waals surface area (Å²) in [4.78, 5) is 31.8. The van der Waals surface area contributed by atoms with E-state index in [2.05, 4.69) is 4.98 Å². The number of benzene rings is 2. The van der Waals surface area contributed by atoms with Crippen LogP contribution in [0.2, 0.25) is 0 Å². The van der Waals surface area contributed by atoms with Gasteiger partial charge in [-0.25, -0.2) is 0 Å². The number of aliphatic hydroxyl groups excluding tert-OH is 1. The molecule has 2 heterocycles. The first-order valence-electron chi connectivity index (χ1n) is 10.5. The number of aliphatic hydroxyl groups is 1. The number of amides is 1. The maximum Gasteiger partial charge on any atom is 0.295 e.